The van der Waals surface area contributed by atoms with Crippen LogP contribution in [0.25, 0.3) is 0 Å². The fourth-order valence-electron chi connectivity index (χ4n) is 7.77. The zero-order chi connectivity index (χ0) is 40.6. The van der Waals surface area contributed by atoms with Gasteiger partial charge < -0.3 is 24.6 Å². The van der Waals surface area contributed by atoms with Gasteiger partial charge in [0.1, 0.15) is 12.2 Å². The second-order valence-electron chi connectivity index (χ2n) is 16.4. The predicted molar refractivity (Wildman–Crippen MR) is 230 cm³/mol. The van der Waals surface area contributed by atoms with Crippen LogP contribution in [0.1, 0.15) is 179 Å². The number of nitrogens with one attached hydrogen (secondary N) is 1. The smallest absolute Gasteiger partial charge is 0.306 e. The lowest BCUT2D eigenvalue weighted by Gasteiger charge is -2.35. The van der Waals surface area contributed by atoms with E-state index in [1.54, 1.807) is 0 Å². The van der Waals surface area contributed by atoms with E-state index < -0.39 is 24.4 Å². The molecule has 1 aliphatic rings. The first-order chi connectivity index (χ1) is 27.9. The van der Waals surface area contributed by atoms with Crippen LogP contribution < -0.4 is 5.32 Å². The molecule has 320 valence electrons. The summed E-state index contributed by atoms with van der Waals surface area (Å²) in [7, 11) is 0. The molecule has 8 heteroatoms. The van der Waals surface area contributed by atoms with E-state index in [2.05, 4.69) is 66.8 Å². The first kappa shape index (κ1) is 48.1. The molecule has 0 saturated carbocycles. The van der Waals surface area contributed by atoms with E-state index in [1.165, 1.54) is 75.3 Å². The molecule has 0 spiro atoms. The van der Waals surface area contributed by atoms with Gasteiger partial charge in [-0.3, -0.25) is 14.4 Å². The molecule has 2 aromatic rings. The number of carbonyl (C=O) groups is 3. The van der Waals surface area contributed by atoms with E-state index >= 15 is 0 Å². The fourth-order valence-corrected chi connectivity index (χ4v) is 7.77. The van der Waals surface area contributed by atoms with Crippen molar-refractivity contribution in [3.63, 3.8) is 0 Å². The Morgan fingerprint density at radius 2 is 1.11 bits per heavy atom. The molecule has 3 rings (SSSR count). The second-order valence-corrected chi connectivity index (χ2v) is 16.4. The molecule has 0 radical (unpaired) electrons. The Kier molecular flexibility index (Phi) is 26.8. The summed E-state index contributed by atoms with van der Waals surface area (Å²) in [6.45, 7) is 2.41. The fraction of sp³-hybridized carbons (Fsp3) is 0.694. The van der Waals surface area contributed by atoms with Gasteiger partial charge in [0.2, 0.25) is 5.91 Å². The number of hydrogen-bond donors (Lipinski definition) is 2. The zero-order valence-electron chi connectivity index (χ0n) is 35.5. The first-order valence-corrected chi connectivity index (χ1v) is 23.0. The van der Waals surface area contributed by atoms with E-state index in [4.69, 9.17) is 14.2 Å². The minimum atomic E-state index is -1.03. The molecule has 2 aromatic carbocycles. The Morgan fingerprint density at radius 3 is 1.65 bits per heavy atom. The molecule has 1 heterocycles. The zero-order valence-corrected chi connectivity index (χ0v) is 35.5. The van der Waals surface area contributed by atoms with Crippen LogP contribution in [0.2, 0.25) is 0 Å². The van der Waals surface area contributed by atoms with Crippen LogP contribution in [0.5, 0.6) is 0 Å². The van der Waals surface area contributed by atoms with Crippen LogP contribution in [0.3, 0.4) is 0 Å². The Hall–Kier alpha value is -3.23. The molecule has 1 saturated heterocycles. The highest BCUT2D eigenvalue weighted by Crippen LogP contribution is 2.19. The maximum atomic E-state index is 13.4. The number of unbranched alkanes of at least 4 members (excludes halogenated alkanes) is 18. The number of benzene rings is 2. The maximum Gasteiger partial charge on any atom is 0.306 e. The molecular weight excluding hydrogens is 715 g/mol. The molecule has 0 bridgehead atoms. The van der Waals surface area contributed by atoms with Crippen LogP contribution >= 0.6 is 0 Å². The van der Waals surface area contributed by atoms with Crippen molar-refractivity contribution in [2.45, 2.75) is 205 Å². The van der Waals surface area contributed by atoms with Crippen LogP contribution in [-0.2, 0) is 41.4 Å². The lowest BCUT2D eigenvalue weighted by molar-refractivity contribution is -0.172. The minimum Gasteiger partial charge on any atom is -0.462 e. The molecule has 8 nitrogen and oxygen atoms in total. The van der Waals surface area contributed by atoms with Crippen LogP contribution in [0, 0.1) is 0 Å². The number of hydrogen-bond acceptors (Lipinski definition) is 7. The van der Waals surface area contributed by atoms with Crippen molar-refractivity contribution in [2.75, 3.05) is 13.2 Å². The molecule has 1 unspecified atom stereocenters. The Morgan fingerprint density at radius 1 is 0.632 bits per heavy atom. The molecular formula is C49H77NO7. The van der Waals surface area contributed by atoms with Crippen molar-refractivity contribution in [1.82, 2.24) is 5.32 Å². The van der Waals surface area contributed by atoms with Crippen LogP contribution in [0.4, 0.5) is 0 Å². The summed E-state index contributed by atoms with van der Waals surface area (Å²) in [5, 5.41) is 13.7. The van der Waals surface area contributed by atoms with Gasteiger partial charge in [-0.1, -0.05) is 170 Å². The van der Waals surface area contributed by atoms with Crippen molar-refractivity contribution in [2.24, 2.45) is 0 Å². The highest BCUT2D eigenvalue weighted by Gasteiger charge is 2.37. The van der Waals surface area contributed by atoms with Crippen molar-refractivity contribution in [1.29, 1.82) is 0 Å². The summed E-state index contributed by atoms with van der Waals surface area (Å²) >= 11 is 0. The quantitative estimate of drug-likeness (QED) is 0.0547. The standard InChI is InChI=1S/C49H77NO7/c1-2-3-4-5-6-7-8-15-26-35-43(56-47(53)36-27-16-11-9-13-20-29-41-31-22-18-23-32-41)38-46(52)50-44-39-55-40-45(51)49(44)57-48(54)37-28-17-12-10-14-21-30-42-33-24-19-25-34-42/h18-19,22-25,31-34,43-45,49,51H,2-17,20-21,26-30,35-40H2,1H3,(H,50,52)/t43?,44-,45+,49+/m0/s1. The topological polar surface area (TPSA) is 111 Å². The highest BCUT2D eigenvalue weighted by molar-refractivity contribution is 5.78. The van der Waals surface area contributed by atoms with Crippen molar-refractivity contribution in [3.8, 4) is 0 Å². The van der Waals surface area contributed by atoms with Gasteiger partial charge in [-0.05, 0) is 62.5 Å². The number of amides is 1. The van der Waals surface area contributed by atoms with Crippen molar-refractivity contribution >= 4 is 17.8 Å². The van der Waals surface area contributed by atoms with E-state index in [1.807, 2.05) is 6.07 Å². The summed E-state index contributed by atoms with van der Waals surface area (Å²) in [4.78, 5) is 39.2. The highest BCUT2D eigenvalue weighted by atomic mass is 16.6. The van der Waals surface area contributed by atoms with E-state index in [-0.39, 0.29) is 43.9 Å². The summed E-state index contributed by atoms with van der Waals surface area (Å²) < 4.78 is 17.2. The second kappa shape index (κ2) is 31.7. The monoisotopic (exact) mass is 792 g/mol. The third-order valence-electron chi connectivity index (χ3n) is 11.2. The van der Waals surface area contributed by atoms with E-state index in [9.17, 15) is 19.5 Å². The number of rotatable bonds is 33. The first-order valence-electron chi connectivity index (χ1n) is 23.0. The van der Waals surface area contributed by atoms with E-state index in [0.29, 0.717) is 12.8 Å². The number of carbonyl (C=O) groups excluding carboxylic acids is 3. The molecule has 1 aliphatic heterocycles. The number of esters is 2. The number of ether oxygens (including phenoxy) is 3. The molecule has 1 amide bonds. The van der Waals surface area contributed by atoms with Crippen molar-refractivity contribution < 1.29 is 33.7 Å². The molecule has 1 fully saturated rings. The van der Waals surface area contributed by atoms with Crippen molar-refractivity contribution in [3.05, 3.63) is 71.8 Å². The van der Waals surface area contributed by atoms with Gasteiger partial charge in [-0.15, -0.1) is 0 Å². The molecule has 57 heavy (non-hydrogen) atoms. The summed E-state index contributed by atoms with van der Waals surface area (Å²) in [5.41, 5.74) is 2.76. The Balaban J connectivity index is 1.37. The van der Waals surface area contributed by atoms with Gasteiger partial charge in [-0.2, -0.15) is 0 Å². The molecule has 0 aliphatic carbocycles. The minimum absolute atomic E-state index is 0.0305. The lowest BCUT2D eigenvalue weighted by atomic mass is 10.0. The maximum absolute atomic E-state index is 13.4. The molecule has 2 N–H and O–H groups in total. The number of aryl methyl sites for hydroxylation is 2. The number of aliphatic hydroxyl groups excluding tert-OH is 1. The van der Waals surface area contributed by atoms with E-state index in [0.717, 1.165) is 83.5 Å². The summed E-state index contributed by atoms with van der Waals surface area (Å²) in [6.07, 6.45) is 24.4. The Bertz CT molecular complexity index is 1310. The third kappa shape index (κ3) is 23.7. The molecule has 0 aromatic heterocycles. The predicted octanol–water partition coefficient (Wildman–Crippen LogP) is 10.9. The van der Waals surface area contributed by atoms with Gasteiger partial charge in [-0.25, -0.2) is 0 Å². The largest absolute Gasteiger partial charge is 0.462 e. The third-order valence-corrected chi connectivity index (χ3v) is 11.2. The summed E-state index contributed by atoms with van der Waals surface area (Å²) in [6, 6.07) is 20.5. The lowest BCUT2D eigenvalue weighted by Crippen LogP contribution is -2.57. The number of aliphatic hydroxyl groups is 1. The van der Waals surface area contributed by atoms with Crippen LogP contribution in [-0.4, -0.2) is 60.5 Å². The summed E-state index contributed by atoms with van der Waals surface area (Å²) in [5.74, 6) is -0.910. The van der Waals surface area contributed by atoms with Gasteiger partial charge in [0.05, 0.1) is 25.7 Å². The van der Waals surface area contributed by atoms with Gasteiger partial charge in [0.15, 0.2) is 6.10 Å². The average Bonchev–Trinajstić information content (AvgIpc) is 3.21. The molecule has 4 atom stereocenters. The van der Waals surface area contributed by atoms with Gasteiger partial charge >= 0.3 is 11.9 Å². The SMILES string of the molecule is CCCCCCCCCCCC(CC(=O)N[C@H]1COC[C@@H](O)[C@@H]1OC(=O)CCCCCCCCc1ccccc1)OC(=O)CCCCCCCCc1ccccc1. The average molecular weight is 792 g/mol. The van der Waals surface area contributed by atoms with Crippen LogP contribution in [0.15, 0.2) is 60.7 Å². The Labute approximate surface area is 345 Å². The normalized spacial score (nSPS) is 17.2. The van der Waals surface area contributed by atoms with Gasteiger partial charge in [0, 0.05) is 12.8 Å². The van der Waals surface area contributed by atoms with Gasteiger partial charge in [0.25, 0.3) is 0 Å².